The second kappa shape index (κ2) is 22.2. The van der Waals surface area contributed by atoms with Gasteiger partial charge in [0, 0.05) is 41.7 Å². The number of fused-ring (bicyclic) bond motifs is 5. The zero-order valence-electron chi connectivity index (χ0n) is 37.4. The monoisotopic (exact) mass is 891 g/mol. The van der Waals surface area contributed by atoms with Crippen molar-refractivity contribution in [2.24, 2.45) is 0 Å². The first kappa shape index (κ1) is 48.6. The Labute approximate surface area is 380 Å². The van der Waals surface area contributed by atoms with Gasteiger partial charge in [-0.1, -0.05) is 87.3 Å². The summed E-state index contributed by atoms with van der Waals surface area (Å²) in [5.74, 6) is -2.08. The van der Waals surface area contributed by atoms with Crippen LogP contribution in [0.3, 0.4) is 0 Å². The average Bonchev–Trinajstić information content (AvgIpc) is 3.26. The van der Waals surface area contributed by atoms with Gasteiger partial charge in [-0.25, -0.2) is 4.79 Å². The van der Waals surface area contributed by atoms with Crippen LogP contribution in [0.1, 0.15) is 93.4 Å². The summed E-state index contributed by atoms with van der Waals surface area (Å²) in [7, 11) is 1.67. The molecule has 14 heteroatoms. The minimum absolute atomic E-state index is 0.0145. The number of hydrogen-bond acceptors (Lipinski definition) is 9. The van der Waals surface area contributed by atoms with Gasteiger partial charge in [0.15, 0.2) is 5.78 Å². The van der Waals surface area contributed by atoms with Gasteiger partial charge in [0.2, 0.25) is 17.7 Å². The number of benzene rings is 4. The Morgan fingerprint density at radius 2 is 1.55 bits per heavy atom. The van der Waals surface area contributed by atoms with E-state index in [1.807, 2.05) is 56.3 Å². The molecule has 0 saturated heterocycles. The molecule has 338 valence electrons. The zero-order chi connectivity index (χ0) is 46.6. The van der Waals surface area contributed by atoms with E-state index < -0.39 is 48.1 Å². The lowest BCUT2D eigenvalue weighted by Gasteiger charge is -2.32. The van der Waals surface area contributed by atoms with E-state index in [4.69, 9.17) is 21.1 Å². The van der Waals surface area contributed by atoms with Crippen LogP contribution in [-0.4, -0.2) is 78.8 Å². The molecule has 4 N–H and O–H groups in total. The summed E-state index contributed by atoms with van der Waals surface area (Å²) >= 11 is 6.05. The molecule has 0 saturated carbocycles. The zero-order valence-corrected chi connectivity index (χ0v) is 38.2. The maximum Gasteiger partial charge on any atom is 0.514 e. The quantitative estimate of drug-likeness (QED) is 0.0684. The van der Waals surface area contributed by atoms with Gasteiger partial charge in [0.25, 0.3) is 5.91 Å². The Morgan fingerprint density at radius 1 is 0.859 bits per heavy atom. The lowest BCUT2D eigenvalue weighted by Crippen LogP contribution is -2.52. The summed E-state index contributed by atoms with van der Waals surface area (Å²) in [6.45, 7) is 12.7. The van der Waals surface area contributed by atoms with Crippen molar-refractivity contribution >= 4 is 47.2 Å². The topological polar surface area (TPSA) is 172 Å². The minimum atomic E-state index is -1.13. The van der Waals surface area contributed by atoms with Crippen LogP contribution in [0.15, 0.2) is 97.2 Å². The van der Waals surface area contributed by atoms with Crippen LogP contribution in [0, 0.1) is 0 Å². The SMILES string of the molecule is C=C(CNC(=O)c1ccc(-c2ccc(Cl)cc2)cc1)N(C)C1C(=O)NCC(=O)NC(C(=O)NCC(=O)CCCC)Cc2ccc(OC(=O)OC(C)(C)C)c(c2)-c2cc1ccc2CCC. The van der Waals surface area contributed by atoms with Crippen LogP contribution in [0.2, 0.25) is 5.02 Å². The second-order valence-corrected chi connectivity index (χ2v) is 17.2. The number of halogens is 1. The van der Waals surface area contributed by atoms with Crippen molar-refractivity contribution in [2.75, 3.05) is 26.7 Å². The highest BCUT2D eigenvalue weighted by atomic mass is 35.5. The van der Waals surface area contributed by atoms with E-state index in [-0.39, 0.29) is 37.0 Å². The molecule has 1 aliphatic rings. The van der Waals surface area contributed by atoms with E-state index >= 15 is 0 Å². The van der Waals surface area contributed by atoms with E-state index in [9.17, 15) is 28.8 Å². The van der Waals surface area contributed by atoms with Gasteiger partial charge in [-0.3, -0.25) is 24.0 Å². The van der Waals surface area contributed by atoms with Gasteiger partial charge in [0.1, 0.15) is 23.4 Å². The smallest absolute Gasteiger partial charge is 0.428 e. The van der Waals surface area contributed by atoms with E-state index in [2.05, 4.69) is 27.8 Å². The standard InChI is InChI=1S/C50H58ClN5O8/c1-8-10-12-39(57)29-53-47(60)42-26-32-13-24-43(63-49(62)64-50(4,5)6)41(25-32)40-27-37(19-16-35(40)11-9-2)45(48(61)54-30-44(58)55-42)56(7)31(3)28-52-46(59)36-17-14-33(15-18-36)34-20-22-38(51)23-21-34/h13-25,27,42,45H,3,8-12,26,28-30H2,1-2,4-7H3,(H,52,59)(H,53,60)(H,54,61)(H,55,58). The number of carbonyl (C=O) groups excluding carboxylic acids is 6. The first-order chi connectivity index (χ1) is 30.5. The Bertz CT molecular complexity index is 2360. The molecule has 4 amide bonds. The highest BCUT2D eigenvalue weighted by Crippen LogP contribution is 2.38. The van der Waals surface area contributed by atoms with Crippen LogP contribution in [0.4, 0.5) is 4.79 Å². The predicted octanol–water partition coefficient (Wildman–Crippen LogP) is 7.89. The highest BCUT2D eigenvalue weighted by Gasteiger charge is 2.30. The number of amides is 4. The van der Waals surface area contributed by atoms with Crippen molar-refractivity contribution < 1.29 is 38.2 Å². The largest absolute Gasteiger partial charge is 0.514 e. The molecule has 64 heavy (non-hydrogen) atoms. The predicted molar refractivity (Wildman–Crippen MR) is 248 cm³/mol. The molecule has 4 aromatic rings. The van der Waals surface area contributed by atoms with Gasteiger partial charge in [-0.15, -0.1) is 0 Å². The van der Waals surface area contributed by atoms with Crippen molar-refractivity contribution in [3.63, 3.8) is 0 Å². The van der Waals surface area contributed by atoms with E-state index in [0.29, 0.717) is 57.8 Å². The maximum atomic E-state index is 14.3. The van der Waals surface area contributed by atoms with Crippen molar-refractivity contribution in [1.29, 1.82) is 0 Å². The number of ether oxygens (including phenoxy) is 2. The fraction of sp³-hybridized carbons (Fsp3) is 0.360. The molecule has 0 radical (unpaired) electrons. The number of nitrogens with one attached hydrogen (secondary N) is 4. The second-order valence-electron chi connectivity index (χ2n) is 16.8. The van der Waals surface area contributed by atoms with E-state index in [0.717, 1.165) is 29.5 Å². The molecule has 2 unspecified atom stereocenters. The summed E-state index contributed by atoms with van der Waals surface area (Å²) in [4.78, 5) is 82.1. The number of rotatable bonds is 15. The molecule has 0 spiro atoms. The Kier molecular flexibility index (Phi) is 16.9. The molecular weight excluding hydrogens is 834 g/mol. The maximum absolute atomic E-state index is 14.3. The summed E-state index contributed by atoms with van der Waals surface area (Å²) in [5, 5.41) is 11.7. The summed E-state index contributed by atoms with van der Waals surface area (Å²) < 4.78 is 11.4. The fourth-order valence-corrected chi connectivity index (χ4v) is 7.32. The van der Waals surface area contributed by atoms with Crippen LogP contribution < -0.4 is 26.0 Å². The van der Waals surface area contributed by atoms with Gasteiger partial charge >= 0.3 is 6.16 Å². The Hall–Kier alpha value is -6.47. The third kappa shape index (κ3) is 13.5. The summed E-state index contributed by atoms with van der Waals surface area (Å²) in [6, 6.07) is 23.0. The fourth-order valence-electron chi connectivity index (χ4n) is 7.19. The molecule has 2 atom stereocenters. The van der Waals surface area contributed by atoms with Gasteiger partial charge < -0.3 is 35.6 Å². The van der Waals surface area contributed by atoms with Crippen LogP contribution >= 0.6 is 11.6 Å². The molecule has 5 rings (SSSR count). The van der Waals surface area contributed by atoms with Crippen LogP contribution in [-0.2, 0) is 36.8 Å². The first-order valence-electron chi connectivity index (χ1n) is 21.5. The van der Waals surface area contributed by atoms with Crippen LogP contribution in [0.5, 0.6) is 5.75 Å². The van der Waals surface area contributed by atoms with Crippen molar-refractivity contribution in [1.82, 2.24) is 26.2 Å². The molecular formula is C50H58ClN5O8. The number of ketones is 1. The number of nitrogens with zero attached hydrogens (tertiary/aromatic N) is 1. The molecule has 1 heterocycles. The number of aryl methyl sites for hydroxylation is 1. The first-order valence-corrected chi connectivity index (χ1v) is 21.9. The third-order valence-corrected chi connectivity index (χ3v) is 10.8. The lowest BCUT2D eigenvalue weighted by molar-refractivity contribution is -0.131. The molecule has 1 aliphatic heterocycles. The van der Waals surface area contributed by atoms with Gasteiger partial charge in [-0.2, -0.15) is 0 Å². The molecule has 4 bridgehead atoms. The molecule has 0 aromatic heterocycles. The molecule has 4 aromatic carbocycles. The molecule has 0 fully saturated rings. The number of Topliss-reactive ketones (excluding diaryl/α,β-unsaturated/α-hetero) is 1. The number of hydrogen-bond donors (Lipinski definition) is 4. The number of likely N-dealkylation sites (N-methyl/N-ethyl adjacent to an activating group) is 1. The molecule has 0 aliphatic carbocycles. The number of carbonyl (C=O) groups is 6. The van der Waals surface area contributed by atoms with E-state index in [1.54, 1.807) is 75.2 Å². The Morgan fingerprint density at radius 3 is 2.20 bits per heavy atom. The Balaban J connectivity index is 1.50. The average molecular weight is 892 g/mol. The van der Waals surface area contributed by atoms with Gasteiger partial charge in [0.05, 0.1) is 19.6 Å². The van der Waals surface area contributed by atoms with Crippen molar-refractivity contribution in [3.05, 3.63) is 124 Å². The van der Waals surface area contributed by atoms with E-state index in [1.165, 1.54) is 0 Å². The number of unbranched alkanes of at least 4 members (excludes halogenated alkanes) is 1. The minimum Gasteiger partial charge on any atom is -0.428 e. The summed E-state index contributed by atoms with van der Waals surface area (Å²) in [5.41, 5.74) is 5.02. The van der Waals surface area contributed by atoms with Crippen molar-refractivity contribution in [2.45, 2.75) is 90.8 Å². The lowest BCUT2D eigenvalue weighted by atomic mass is 9.90. The normalized spacial score (nSPS) is 15.1. The highest BCUT2D eigenvalue weighted by molar-refractivity contribution is 6.30. The van der Waals surface area contributed by atoms with Gasteiger partial charge in [-0.05, 0) is 109 Å². The third-order valence-electron chi connectivity index (χ3n) is 10.6. The van der Waals surface area contributed by atoms with Crippen molar-refractivity contribution in [3.8, 4) is 28.0 Å². The molecule has 13 nitrogen and oxygen atoms in total. The van der Waals surface area contributed by atoms with Crippen LogP contribution in [0.25, 0.3) is 22.3 Å². The summed E-state index contributed by atoms with van der Waals surface area (Å²) in [6.07, 6.45) is 2.32.